The van der Waals surface area contributed by atoms with Crippen LogP contribution < -0.4 is 10.2 Å². The normalized spacial score (nSPS) is 11.6. The van der Waals surface area contributed by atoms with Crippen LogP contribution in [0.3, 0.4) is 0 Å². The van der Waals surface area contributed by atoms with Gasteiger partial charge in [0.1, 0.15) is 5.75 Å². The highest BCUT2D eigenvalue weighted by molar-refractivity contribution is 5.48. The quantitative estimate of drug-likeness (QED) is 0.781. The lowest BCUT2D eigenvalue weighted by Gasteiger charge is -2.36. The number of phenols is 1. The molecule has 1 aromatic rings. The lowest BCUT2D eigenvalue weighted by molar-refractivity contribution is 0.262. The third-order valence-electron chi connectivity index (χ3n) is 3.91. The molecule has 3 heteroatoms. The van der Waals surface area contributed by atoms with E-state index in [9.17, 15) is 5.11 Å². The van der Waals surface area contributed by atoms with E-state index in [2.05, 4.69) is 31.1 Å². The van der Waals surface area contributed by atoms with E-state index in [0.717, 1.165) is 31.6 Å². The molecule has 0 fully saturated rings. The minimum Gasteiger partial charge on any atom is -0.508 e. The standard InChI is InChI=1S/C15H26N2O/c1-5-15(6-2,11-16-3)12-17(4)13-7-9-14(18)10-8-13/h7-10,16,18H,5-6,11-12H2,1-4H3. The van der Waals surface area contributed by atoms with E-state index in [0.29, 0.717) is 11.2 Å². The summed E-state index contributed by atoms with van der Waals surface area (Å²) in [6.07, 6.45) is 2.32. The van der Waals surface area contributed by atoms with Gasteiger partial charge < -0.3 is 15.3 Å². The predicted molar refractivity (Wildman–Crippen MR) is 78.3 cm³/mol. The highest BCUT2D eigenvalue weighted by Crippen LogP contribution is 2.29. The molecule has 0 amide bonds. The van der Waals surface area contributed by atoms with Crippen LogP contribution in [-0.4, -0.2) is 32.3 Å². The number of anilines is 1. The van der Waals surface area contributed by atoms with Gasteiger partial charge in [0.25, 0.3) is 0 Å². The molecule has 0 radical (unpaired) electrons. The molecule has 0 aromatic heterocycles. The molecule has 0 aliphatic carbocycles. The number of nitrogens with zero attached hydrogens (tertiary/aromatic N) is 1. The van der Waals surface area contributed by atoms with Crippen LogP contribution >= 0.6 is 0 Å². The van der Waals surface area contributed by atoms with Gasteiger partial charge in [0.05, 0.1) is 0 Å². The molecule has 1 rings (SSSR count). The Labute approximate surface area is 111 Å². The number of nitrogens with one attached hydrogen (secondary N) is 1. The minimum atomic E-state index is 0.307. The first-order chi connectivity index (χ1) is 8.56. The zero-order chi connectivity index (χ0) is 13.6. The molecule has 0 aliphatic heterocycles. The van der Waals surface area contributed by atoms with Gasteiger partial charge in [-0.3, -0.25) is 0 Å². The Bertz CT molecular complexity index is 344. The average molecular weight is 250 g/mol. The first-order valence-corrected chi connectivity index (χ1v) is 6.71. The number of aromatic hydroxyl groups is 1. The van der Waals surface area contributed by atoms with Crippen LogP contribution in [0.5, 0.6) is 5.75 Å². The van der Waals surface area contributed by atoms with Gasteiger partial charge in [-0.15, -0.1) is 0 Å². The fourth-order valence-corrected chi connectivity index (χ4v) is 2.46. The van der Waals surface area contributed by atoms with E-state index in [1.165, 1.54) is 0 Å². The van der Waals surface area contributed by atoms with Crippen LogP contribution in [0.4, 0.5) is 5.69 Å². The molecule has 3 nitrogen and oxygen atoms in total. The zero-order valence-corrected chi connectivity index (χ0v) is 12.0. The molecule has 18 heavy (non-hydrogen) atoms. The van der Waals surface area contributed by atoms with Gasteiger partial charge in [0.2, 0.25) is 0 Å². The number of benzene rings is 1. The summed E-state index contributed by atoms with van der Waals surface area (Å²) in [5, 5.41) is 12.6. The van der Waals surface area contributed by atoms with E-state index in [1.807, 2.05) is 19.2 Å². The second-order valence-corrected chi connectivity index (χ2v) is 5.11. The van der Waals surface area contributed by atoms with Gasteiger partial charge in [-0.1, -0.05) is 13.8 Å². The summed E-state index contributed by atoms with van der Waals surface area (Å²) in [5.41, 5.74) is 1.46. The highest BCUT2D eigenvalue weighted by Gasteiger charge is 2.27. The van der Waals surface area contributed by atoms with Crippen LogP contribution in [0.15, 0.2) is 24.3 Å². The van der Waals surface area contributed by atoms with Gasteiger partial charge in [-0.05, 0) is 49.6 Å². The minimum absolute atomic E-state index is 0.307. The van der Waals surface area contributed by atoms with Crippen LogP contribution in [-0.2, 0) is 0 Å². The molecular weight excluding hydrogens is 224 g/mol. The molecule has 0 aliphatic rings. The van der Waals surface area contributed by atoms with Crippen LogP contribution in [0.25, 0.3) is 0 Å². The van der Waals surface area contributed by atoms with Crippen LogP contribution in [0, 0.1) is 5.41 Å². The van der Waals surface area contributed by atoms with Crippen molar-refractivity contribution in [3.63, 3.8) is 0 Å². The maximum absolute atomic E-state index is 9.32. The van der Waals surface area contributed by atoms with Crippen molar-refractivity contribution in [2.24, 2.45) is 5.41 Å². The summed E-state index contributed by atoms with van der Waals surface area (Å²) in [4.78, 5) is 2.27. The molecule has 102 valence electrons. The number of rotatable bonds is 7. The van der Waals surface area contributed by atoms with Crippen molar-refractivity contribution >= 4 is 5.69 Å². The summed E-state index contributed by atoms with van der Waals surface area (Å²) < 4.78 is 0. The van der Waals surface area contributed by atoms with E-state index >= 15 is 0 Å². The first kappa shape index (κ1) is 14.8. The van der Waals surface area contributed by atoms with Gasteiger partial charge in [0, 0.05) is 25.8 Å². The fourth-order valence-electron chi connectivity index (χ4n) is 2.46. The molecule has 1 aromatic carbocycles. The summed E-state index contributed by atoms with van der Waals surface area (Å²) in [6.45, 7) is 6.56. The Hall–Kier alpha value is -1.22. The van der Waals surface area contributed by atoms with Crippen molar-refractivity contribution in [2.45, 2.75) is 26.7 Å². The number of hydrogen-bond acceptors (Lipinski definition) is 3. The molecule has 0 unspecified atom stereocenters. The Morgan fingerprint density at radius 3 is 2.17 bits per heavy atom. The Balaban J connectivity index is 2.77. The first-order valence-electron chi connectivity index (χ1n) is 6.71. The zero-order valence-electron chi connectivity index (χ0n) is 12.0. The molecular formula is C15H26N2O. The Morgan fingerprint density at radius 1 is 1.17 bits per heavy atom. The molecule has 2 N–H and O–H groups in total. The van der Waals surface area contributed by atoms with Crippen LogP contribution in [0.2, 0.25) is 0 Å². The van der Waals surface area contributed by atoms with Crippen molar-refractivity contribution in [1.29, 1.82) is 0 Å². The van der Waals surface area contributed by atoms with Gasteiger partial charge in [-0.2, -0.15) is 0 Å². The molecule has 0 atom stereocenters. The molecule has 0 heterocycles. The summed E-state index contributed by atoms with van der Waals surface area (Å²) >= 11 is 0. The Morgan fingerprint density at radius 2 is 1.72 bits per heavy atom. The average Bonchev–Trinajstić information content (AvgIpc) is 2.38. The van der Waals surface area contributed by atoms with Gasteiger partial charge in [0.15, 0.2) is 0 Å². The lowest BCUT2D eigenvalue weighted by atomic mass is 9.81. The Kier molecular flexibility index (Phi) is 5.48. The molecule has 0 bridgehead atoms. The third kappa shape index (κ3) is 3.64. The third-order valence-corrected chi connectivity index (χ3v) is 3.91. The smallest absolute Gasteiger partial charge is 0.115 e. The number of hydrogen-bond donors (Lipinski definition) is 2. The van der Waals surface area contributed by atoms with Crippen molar-refractivity contribution in [2.75, 3.05) is 32.1 Å². The molecule has 0 spiro atoms. The maximum Gasteiger partial charge on any atom is 0.115 e. The topological polar surface area (TPSA) is 35.5 Å². The molecule has 0 saturated heterocycles. The second-order valence-electron chi connectivity index (χ2n) is 5.11. The summed E-state index contributed by atoms with van der Waals surface area (Å²) in [6, 6.07) is 7.41. The fraction of sp³-hybridized carbons (Fsp3) is 0.600. The predicted octanol–water partition coefficient (Wildman–Crippen LogP) is 2.85. The highest BCUT2D eigenvalue weighted by atomic mass is 16.3. The van der Waals surface area contributed by atoms with E-state index in [4.69, 9.17) is 0 Å². The number of phenolic OH excluding ortho intramolecular Hbond substituents is 1. The van der Waals surface area contributed by atoms with Crippen molar-refractivity contribution in [1.82, 2.24) is 5.32 Å². The lowest BCUT2D eigenvalue weighted by Crippen LogP contribution is -2.41. The van der Waals surface area contributed by atoms with Gasteiger partial charge >= 0.3 is 0 Å². The van der Waals surface area contributed by atoms with Crippen molar-refractivity contribution in [3.8, 4) is 5.75 Å². The van der Waals surface area contributed by atoms with E-state index in [-0.39, 0.29) is 0 Å². The van der Waals surface area contributed by atoms with Crippen LogP contribution in [0.1, 0.15) is 26.7 Å². The largest absolute Gasteiger partial charge is 0.508 e. The SMILES string of the molecule is CCC(CC)(CNC)CN(C)c1ccc(O)cc1. The maximum atomic E-state index is 9.32. The van der Waals surface area contributed by atoms with Gasteiger partial charge in [-0.25, -0.2) is 0 Å². The van der Waals surface area contributed by atoms with Crippen molar-refractivity contribution < 1.29 is 5.11 Å². The van der Waals surface area contributed by atoms with E-state index < -0.39 is 0 Å². The molecule has 0 saturated carbocycles. The monoisotopic (exact) mass is 250 g/mol. The van der Waals surface area contributed by atoms with E-state index in [1.54, 1.807) is 12.1 Å². The van der Waals surface area contributed by atoms with Crippen molar-refractivity contribution in [3.05, 3.63) is 24.3 Å². The second kappa shape index (κ2) is 6.64. The summed E-state index contributed by atoms with van der Waals surface area (Å²) in [7, 11) is 4.13. The summed E-state index contributed by atoms with van der Waals surface area (Å²) in [5.74, 6) is 0.319.